The van der Waals surface area contributed by atoms with Gasteiger partial charge in [0.2, 0.25) is 10.6 Å². The third kappa shape index (κ3) is 12.7. The standard InChI is InChI=1S/C19H16Cl4N2O5S.C18H28O3S/c1-10-12(7-20)31-17-14(24-13(26)8-29-11-5-3-2-4-6-11)16(27)25(17)15(10)18(28)30-9-19(21,22)23;1-3-4-5-6-7-8-11-22(19)15(2)12-16-9-10-17-18(13-16)21-14-20-17/h2-7,14,17H,8-9H2,1H3,(H,24,26);9-10,13,15H,3-8,11-12,14H2,1-2H3/b12-7-;/t14?,17-;/m1./s1. The molecule has 3 heterocycles. The van der Waals surface area contributed by atoms with Crippen molar-refractivity contribution in [3.05, 3.63) is 75.8 Å². The van der Waals surface area contributed by atoms with Crippen LogP contribution in [0.4, 0.5) is 0 Å². The predicted molar refractivity (Wildman–Crippen MR) is 212 cm³/mol. The number of β-lactam (4-membered cyclic amide) rings is 1. The van der Waals surface area contributed by atoms with E-state index in [2.05, 4.69) is 19.2 Å². The summed E-state index contributed by atoms with van der Waals surface area (Å²) in [6, 6.07) is 13.9. The predicted octanol–water partition coefficient (Wildman–Crippen LogP) is 8.19. The Hall–Kier alpha value is -2.61. The van der Waals surface area contributed by atoms with Crippen LogP contribution in [0.25, 0.3) is 0 Å². The molecule has 0 spiro atoms. The second kappa shape index (κ2) is 20.9. The summed E-state index contributed by atoms with van der Waals surface area (Å²) in [5, 5.41) is 2.23. The van der Waals surface area contributed by atoms with Gasteiger partial charge in [-0.25, -0.2) is 4.79 Å². The van der Waals surface area contributed by atoms with Crippen LogP contribution < -0.4 is 19.5 Å². The van der Waals surface area contributed by atoms with Crippen molar-refractivity contribution in [2.24, 2.45) is 0 Å². The Balaban J connectivity index is 0.000000251. The Kier molecular flexibility index (Phi) is 17.0. The molecule has 0 saturated carbocycles. The number of nitrogens with zero attached hydrogens (tertiary/aromatic N) is 1. The maximum Gasteiger partial charge on any atom is 0.355 e. The fourth-order valence-electron chi connectivity index (χ4n) is 5.65. The normalized spacial score (nSPS) is 19.4. The summed E-state index contributed by atoms with van der Waals surface area (Å²) in [5.41, 5.74) is 2.89. The number of thioether (sulfide) groups is 1. The molecular formula is C37H44Cl4N2O8S2. The van der Waals surface area contributed by atoms with Gasteiger partial charge in [0.05, 0.1) is 0 Å². The van der Waals surface area contributed by atoms with Crippen LogP contribution >= 0.6 is 58.2 Å². The van der Waals surface area contributed by atoms with E-state index in [0.717, 1.165) is 30.1 Å². The van der Waals surface area contributed by atoms with Gasteiger partial charge in [0, 0.05) is 32.2 Å². The summed E-state index contributed by atoms with van der Waals surface area (Å²) in [7, 11) is -0.743. The number of benzene rings is 2. The van der Waals surface area contributed by atoms with Crippen molar-refractivity contribution in [1.82, 2.24) is 10.2 Å². The monoisotopic (exact) mass is 848 g/mol. The number of nitrogens with one attached hydrogen (secondary N) is 1. The Morgan fingerprint density at radius 1 is 1.08 bits per heavy atom. The van der Waals surface area contributed by atoms with Crippen molar-refractivity contribution < 1.29 is 37.5 Å². The Morgan fingerprint density at radius 2 is 1.77 bits per heavy atom. The van der Waals surface area contributed by atoms with Gasteiger partial charge in [0.15, 0.2) is 18.1 Å². The highest BCUT2D eigenvalue weighted by Gasteiger charge is 2.55. The van der Waals surface area contributed by atoms with Gasteiger partial charge in [-0.1, -0.05) is 128 Å². The zero-order chi connectivity index (χ0) is 38.5. The summed E-state index contributed by atoms with van der Waals surface area (Å²) in [6.07, 6.45) is 8.32. The van der Waals surface area contributed by atoms with E-state index in [1.165, 1.54) is 59.9 Å². The van der Waals surface area contributed by atoms with E-state index in [4.69, 9.17) is 65.4 Å². The first-order chi connectivity index (χ1) is 25.3. The van der Waals surface area contributed by atoms with Crippen LogP contribution in [0.5, 0.6) is 17.2 Å². The number of alkyl halides is 3. The van der Waals surface area contributed by atoms with Crippen LogP contribution in [0.3, 0.4) is 0 Å². The first-order valence-electron chi connectivity index (χ1n) is 17.3. The minimum Gasteiger partial charge on any atom is -0.484 e. The zero-order valence-corrected chi connectivity index (χ0v) is 34.4. The van der Waals surface area contributed by atoms with Crippen molar-refractivity contribution in [2.75, 3.05) is 25.8 Å². The number of para-hydroxylation sites is 1. The number of fused-ring (bicyclic) bond motifs is 2. The number of hydrogen-bond donors (Lipinski definition) is 1. The average molecular weight is 851 g/mol. The van der Waals surface area contributed by atoms with Crippen LogP contribution in [0.15, 0.2) is 70.2 Å². The number of carbonyl (C=O) groups excluding carboxylic acids is 3. The number of ether oxygens (including phenoxy) is 4. The quantitative estimate of drug-likeness (QED) is 0.0772. The lowest BCUT2D eigenvalue weighted by Crippen LogP contribution is -2.70. The molecule has 2 aromatic rings. The smallest absolute Gasteiger partial charge is 0.355 e. The molecule has 0 bridgehead atoms. The third-order valence-corrected chi connectivity index (χ3v) is 12.3. The van der Waals surface area contributed by atoms with E-state index in [0.29, 0.717) is 23.0 Å². The number of rotatable bonds is 16. The molecule has 0 radical (unpaired) electrons. The summed E-state index contributed by atoms with van der Waals surface area (Å²) in [5.74, 6) is 1.19. The van der Waals surface area contributed by atoms with E-state index in [1.54, 1.807) is 31.2 Å². The highest BCUT2D eigenvalue weighted by atomic mass is 35.6. The molecule has 290 valence electrons. The second-order valence-corrected chi connectivity index (χ2v) is 18.4. The summed E-state index contributed by atoms with van der Waals surface area (Å²) in [4.78, 5) is 39.4. The minimum atomic E-state index is -1.80. The van der Waals surface area contributed by atoms with Gasteiger partial charge in [-0.2, -0.15) is 0 Å². The van der Waals surface area contributed by atoms with Gasteiger partial charge < -0.3 is 24.3 Å². The lowest BCUT2D eigenvalue weighted by atomic mass is 10.0. The fraction of sp³-hybridized carbons (Fsp3) is 0.486. The van der Waals surface area contributed by atoms with Gasteiger partial charge in [-0.05, 0) is 55.2 Å². The summed E-state index contributed by atoms with van der Waals surface area (Å²) < 4.78 is 31.7. The molecule has 1 fully saturated rings. The molecule has 16 heteroatoms. The molecule has 2 amide bonds. The molecule has 0 aromatic heterocycles. The van der Waals surface area contributed by atoms with Gasteiger partial charge in [-0.15, -0.1) is 0 Å². The second-order valence-electron chi connectivity index (χ2n) is 12.6. The molecule has 4 atom stereocenters. The van der Waals surface area contributed by atoms with Crippen molar-refractivity contribution in [1.29, 1.82) is 0 Å². The maximum atomic E-state index is 12.7. The van der Waals surface area contributed by atoms with Crippen molar-refractivity contribution in [3.8, 4) is 17.2 Å². The van der Waals surface area contributed by atoms with E-state index in [-0.39, 0.29) is 17.6 Å². The SMILES string of the molecule is CC1=C(C(=O)OCC(Cl)(Cl)Cl)N2C(=O)C(NC(=O)COc3ccccc3)[C@H]2S/C1=C\Cl.CCCCCCCCS(=O)C(C)Cc1ccc2c(c1)OCO2. The van der Waals surface area contributed by atoms with Crippen molar-refractivity contribution in [3.63, 3.8) is 0 Å². The average Bonchev–Trinajstić information content (AvgIpc) is 3.61. The lowest BCUT2D eigenvalue weighted by Gasteiger charge is -2.49. The van der Waals surface area contributed by atoms with E-state index >= 15 is 0 Å². The molecule has 1 N–H and O–H groups in total. The van der Waals surface area contributed by atoms with Crippen LogP contribution in [0.2, 0.25) is 0 Å². The molecule has 0 aliphatic carbocycles. The largest absolute Gasteiger partial charge is 0.484 e. The highest BCUT2D eigenvalue weighted by molar-refractivity contribution is 8.04. The topological polar surface area (TPSA) is 120 Å². The van der Waals surface area contributed by atoms with Crippen LogP contribution in [-0.4, -0.2) is 73.1 Å². The molecule has 5 rings (SSSR count). The van der Waals surface area contributed by atoms with Crippen LogP contribution in [0, 0.1) is 0 Å². The lowest BCUT2D eigenvalue weighted by molar-refractivity contribution is -0.153. The number of halogens is 4. The molecule has 3 unspecified atom stereocenters. The number of esters is 1. The van der Waals surface area contributed by atoms with Crippen LogP contribution in [0.1, 0.15) is 64.9 Å². The van der Waals surface area contributed by atoms with Gasteiger partial charge in [-0.3, -0.25) is 18.7 Å². The first kappa shape index (κ1) is 43.1. The summed E-state index contributed by atoms with van der Waals surface area (Å²) >= 11 is 24.0. The Morgan fingerprint density at radius 3 is 2.47 bits per heavy atom. The van der Waals surface area contributed by atoms with Gasteiger partial charge >= 0.3 is 5.97 Å². The number of amides is 2. The number of carbonyl (C=O) groups is 3. The minimum absolute atomic E-state index is 0.0130. The van der Waals surface area contributed by atoms with Crippen LogP contribution in [-0.2, 0) is 36.3 Å². The zero-order valence-electron chi connectivity index (χ0n) is 29.7. The summed E-state index contributed by atoms with van der Waals surface area (Å²) in [6.45, 7) is 5.47. The molecule has 1 saturated heterocycles. The molecule has 3 aliphatic heterocycles. The van der Waals surface area contributed by atoms with Gasteiger partial charge in [0.1, 0.15) is 29.5 Å². The fourth-order valence-corrected chi connectivity index (χ4v) is 8.62. The molecular weight excluding hydrogens is 806 g/mol. The van der Waals surface area contributed by atoms with E-state index in [1.807, 2.05) is 24.3 Å². The maximum absolute atomic E-state index is 12.7. The van der Waals surface area contributed by atoms with E-state index < -0.39 is 50.4 Å². The Bertz CT molecular complexity index is 1670. The highest BCUT2D eigenvalue weighted by Crippen LogP contribution is 2.47. The first-order valence-corrected chi connectivity index (χ1v) is 21.1. The van der Waals surface area contributed by atoms with E-state index in [9.17, 15) is 18.6 Å². The molecule has 10 nitrogen and oxygen atoms in total. The molecule has 2 aromatic carbocycles. The molecule has 53 heavy (non-hydrogen) atoms. The van der Waals surface area contributed by atoms with Crippen molar-refractivity contribution in [2.45, 2.75) is 86.2 Å². The number of unbranched alkanes of at least 4 members (excludes halogenated alkanes) is 5. The Labute approximate surface area is 337 Å². The van der Waals surface area contributed by atoms with Crippen molar-refractivity contribution >= 4 is 86.7 Å². The third-order valence-electron chi connectivity index (χ3n) is 8.45. The van der Waals surface area contributed by atoms with Gasteiger partial charge in [0.25, 0.3) is 11.8 Å². The molecule has 3 aliphatic rings. The number of hydrogen-bond acceptors (Lipinski definition) is 9. The number of allylic oxidation sites excluding steroid dienone is 1.